The maximum absolute atomic E-state index is 5.07. The lowest BCUT2D eigenvalue weighted by molar-refractivity contribution is 0.0993. The molecule has 0 aliphatic rings. The molecule has 0 saturated heterocycles. The van der Waals surface area contributed by atoms with Crippen LogP contribution in [0.2, 0.25) is 0 Å². The van der Waals surface area contributed by atoms with Gasteiger partial charge in [-0.1, -0.05) is 0 Å². The van der Waals surface area contributed by atoms with Gasteiger partial charge in [-0.3, -0.25) is 0 Å². The molecule has 0 aromatic heterocycles. The zero-order chi connectivity index (χ0) is 4.99. The Morgan fingerprint density at radius 2 is 2.50 bits per heavy atom. The van der Waals surface area contributed by atoms with Crippen molar-refractivity contribution in [3.05, 3.63) is 6.92 Å². The van der Waals surface area contributed by atoms with E-state index in [0.717, 1.165) is 0 Å². The molecule has 1 atom stereocenters. The average Bonchev–Trinajstić information content (AvgIpc) is 1.35. The molecule has 0 fully saturated rings. The van der Waals surface area contributed by atoms with Crippen LogP contribution in [0.3, 0.4) is 0 Å². The quantitative estimate of drug-likeness (QED) is 0.487. The maximum atomic E-state index is 5.07. The maximum Gasteiger partial charge on any atom is 0.105 e. The molecule has 0 aromatic carbocycles. The summed E-state index contributed by atoms with van der Waals surface area (Å²) in [5.41, 5.74) is 5.07. The number of hydrogen-bond donors (Lipinski definition) is 1. The predicted molar refractivity (Wildman–Crippen MR) is 25.0 cm³/mol. The fourth-order valence-electron chi connectivity index (χ4n) is 0.214. The van der Waals surface area contributed by atoms with Gasteiger partial charge in [-0.05, 0) is 13.8 Å². The molecule has 0 rings (SSSR count). The van der Waals surface area contributed by atoms with E-state index < -0.39 is 0 Å². The Hall–Kier alpha value is -0.0800. The number of nitrogens with two attached hydrogens (primary N) is 1. The molecule has 0 heterocycles. The van der Waals surface area contributed by atoms with E-state index in [1.165, 1.54) is 0 Å². The lowest BCUT2D eigenvalue weighted by atomic mass is 10.7. The lowest BCUT2D eigenvalue weighted by Gasteiger charge is -2.00. The van der Waals surface area contributed by atoms with Gasteiger partial charge in [0.05, 0.1) is 0 Å². The summed E-state index contributed by atoms with van der Waals surface area (Å²) >= 11 is 0. The second kappa shape index (κ2) is 3.12. The summed E-state index contributed by atoms with van der Waals surface area (Å²) in [5.74, 6) is 0. The Morgan fingerprint density at radius 1 is 2.00 bits per heavy atom. The summed E-state index contributed by atoms with van der Waals surface area (Å²) in [6.07, 6.45) is -0.352. The predicted octanol–water partition coefficient (Wildman–Crippen LogP) is 0.142. The van der Waals surface area contributed by atoms with E-state index in [1.54, 1.807) is 0 Å². The van der Waals surface area contributed by atoms with Crippen molar-refractivity contribution in [2.24, 2.45) is 5.73 Å². The fraction of sp³-hybridized carbons (Fsp3) is 0.750. The van der Waals surface area contributed by atoms with E-state index in [0.29, 0.717) is 6.61 Å². The van der Waals surface area contributed by atoms with Gasteiger partial charge in [0.2, 0.25) is 0 Å². The van der Waals surface area contributed by atoms with Gasteiger partial charge in [-0.2, -0.15) is 0 Å². The molecule has 6 heavy (non-hydrogen) atoms. The molecule has 0 aliphatic carbocycles. The van der Waals surface area contributed by atoms with E-state index >= 15 is 0 Å². The van der Waals surface area contributed by atoms with Crippen LogP contribution in [-0.4, -0.2) is 12.8 Å². The molecular formula is C4H10NO. The standard InChI is InChI=1S/C4H10NO/c1-3-6-4(2)5/h4H,2-3,5H2,1H3. The van der Waals surface area contributed by atoms with Crippen molar-refractivity contribution in [3.8, 4) is 0 Å². The highest BCUT2D eigenvalue weighted by molar-refractivity contribution is 4.44. The van der Waals surface area contributed by atoms with Crippen LogP contribution in [0.15, 0.2) is 0 Å². The third-order valence-electron chi connectivity index (χ3n) is 0.381. The first-order valence-electron chi connectivity index (χ1n) is 1.97. The zero-order valence-electron chi connectivity index (χ0n) is 3.98. The van der Waals surface area contributed by atoms with Gasteiger partial charge < -0.3 is 10.5 Å². The van der Waals surface area contributed by atoms with E-state index in [9.17, 15) is 0 Å². The Kier molecular flexibility index (Phi) is 3.08. The molecule has 0 amide bonds. The minimum atomic E-state index is -0.352. The third kappa shape index (κ3) is 3.92. The largest absolute Gasteiger partial charge is 0.364 e. The summed E-state index contributed by atoms with van der Waals surface area (Å²) in [4.78, 5) is 0. The van der Waals surface area contributed by atoms with Gasteiger partial charge in [0.1, 0.15) is 6.23 Å². The molecule has 37 valence electrons. The molecule has 0 aliphatic heterocycles. The van der Waals surface area contributed by atoms with Crippen molar-refractivity contribution in [1.82, 2.24) is 0 Å². The van der Waals surface area contributed by atoms with E-state index in [-0.39, 0.29) is 6.23 Å². The molecular weight excluding hydrogens is 78.0 g/mol. The summed E-state index contributed by atoms with van der Waals surface area (Å²) in [7, 11) is 0. The minimum Gasteiger partial charge on any atom is -0.364 e. The normalized spacial score (nSPS) is 14.5. The average molecular weight is 88.1 g/mol. The molecule has 1 radical (unpaired) electrons. The van der Waals surface area contributed by atoms with Gasteiger partial charge in [0.15, 0.2) is 0 Å². The Balaban J connectivity index is 2.63. The van der Waals surface area contributed by atoms with Crippen LogP contribution >= 0.6 is 0 Å². The fourth-order valence-corrected chi connectivity index (χ4v) is 0.214. The smallest absolute Gasteiger partial charge is 0.105 e. The van der Waals surface area contributed by atoms with Crippen LogP contribution in [0.4, 0.5) is 0 Å². The molecule has 0 spiro atoms. The molecule has 2 N–H and O–H groups in total. The molecule has 2 heteroatoms. The summed E-state index contributed by atoms with van der Waals surface area (Å²) in [6.45, 7) is 5.91. The molecule has 0 aromatic rings. The van der Waals surface area contributed by atoms with Crippen LogP contribution in [-0.2, 0) is 4.74 Å². The van der Waals surface area contributed by atoms with E-state index in [1.807, 2.05) is 6.92 Å². The summed E-state index contributed by atoms with van der Waals surface area (Å²) in [6, 6.07) is 0. The van der Waals surface area contributed by atoms with Crippen molar-refractivity contribution in [1.29, 1.82) is 0 Å². The first-order valence-corrected chi connectivity index (χ1v) is 1.97. The highest BCUT2D eigenvalue weighted by Crippen LogP contribution is 1.73. The van der Waals surface area contributed by atoms with Gasteiger partial charge in [-0.25, -0.2) is 0 Å². The monoisotopic (exact) mass is 88.1 g/mol. The SMILES string of the molecule is [CH2]C(N)OCC. The number of rotatable bonds is 2. The van der Waals surface area contributed by atoms with Crippen LogP contribution in [0.5, 0.6) is 0 Å². The van der Waals surface area contributed by atoms with Crippen molar-refractivity contribution < 1.29 is 4.74 Å². The zero-order valence-corrected chi connectivity index (χ0v) is 3.98. The van der Waals surface area contributed by atoms with Crippen molar-refractivity contribution >= 4 is 0 Å². The number of ether oxygens (including phenoxy) is 1. The topological polar surface area (TPSA) is 35.2 Å². The van der Waals surface area contributed by atoms with Crippen LogP contribution in [0, 0.1) is 6.92 Å². The van der Waals surface area contributed by atoms with Crippen LogP contribution < -0.4 is 5.73 Å². The number of hydrogen-bond acceptors (Lipinski definition) is 2. The van der Waals surface area contributed by atoms with E-state index in [4.69, 9.17) is 10.5 Å². The van der Waals surface area contributed by atoms with Crippen molar-refractivity contribution in [2.75, 3.05) is 6.61 Å². The highest BCUT2D eigenvalue weighted by Gasteiger charge is 1.83. The first kappa shape index (κ1) is 5.92. The summed E-state index contributed by atoms with van der Waals surface area (Å²) in [5, 5.41) is 0. The Bertz CT molecular complexity index is 28.7. The second-order valence-corrected chi connectivity index (χ2v) is 0.994. The van der Waals surface area contributed by atoms with Gasteiger partial charge in [-0.15, -0.1) is 0 Å². The third-order valence-corrected chi connectivity index (χ3v) is 0.381. The highest BCUT2D eigenvalue weighted by atomic mass is 16.5. The molecule has 1 unspecified atom stereocenters. The summed E-state index contributed by atoms with van der Waals surface area (Å²) < 4.78 is 4.71. The van der Waals surface area contributed by atoms with Gasteiger partial charge in [0, 0.05) is 6.61 Å². The Labute approximate surface area is 38.3 Å². The van der Waals surface area contributed by atoms with Crippen molar-refractivity contribution in [3.63, 3.8) is 0 Å². The first-order chi connectivity index (χ1) is 2.77. The van der Waals surface area contributed by atoms with E-state index in [2.05, 4.69) is 6.92 Å². The molecule has 0 bridgehead atoms. The minimum absolute atomic E-state index is 0.352. The van der Waals surface area contributed by atoms with Crippen molar-refractivity contribution in [2.45, 2.75) is 13.2 Å². The van der Waals surface area contributed by atoms with Gasteiger partial charge >= 0.3 is 0 Å². The van der Waals surface area contributed by atoms with Gasteiger partial charge in [0.25, 0.3) is 0 Å². The lowest BCUT2D eigenvalue weighted by Crippen LogP contribution is -2.18. The van der Waals surface area contributed by atoms with Crippen LogP contribution in [0.25, 0.3) is 0 Å². The van der Waals surface area contributed by atoms with Crippen LogP contribution in [0.1, 0.15) is 6.92 Å². The molecule has 0 saturated carbocycles. The Morgan fingerprint density at radius 3 is 2.50 bits per heavy atom. The molecule has 2 nitrogen and oxygen atoms in total. The second-order valence-electron chi connectivity index (χ2n) is 0.994.